The predicted octanol–water partition coefficient (Wildman–Crippen LogP) is 0.962. The van der Waals surface area contributed by atoms with E-state index in [0.29, 0.717) is 18.0 Å². The summed E-state index contributed by atoms with van der Waals surface area (Å²) in [5.41, 5.74) is 7.75. The van der Waals surface area contributed by atoms with E-state index < -0.39 is 0 Å². The number of nitrogens with zero attached hydrogens (tertiary/aromatic N) is 2. The monoisotopic (exact) mass is 293 g/mol. The molecule has 0 spiro atoms. The van der Waals surface area contributed by atoms with Gasteiger partial charge in [-0.3, -0.25) is 4.79 Å². The second-order valence-corrected chi connectivity index (χ2v) is 5.20. The molecule has 1 aromatic rings. The van der Waals surface area contributed by atoms with E-state index >= 15 is 0 Å². The third-order valence-corrected chi connectivity index (χ3v) is 3.51. The number of carbonyl (C=O) groups excluding carboxylic acids is 1. The van der Waals surface area contributed by atoms with Gasteiger partial charge >= 0.3 is 5.97 Å². The molecule has 2 rings (SSSR count). The Hall–Kier alpha value is -1.95. The Kier molecular flexibility index (Phi) is 5.27. The number of likely N-dealkylation sites (N-methyl/N-ethyl adjacent to an activating group) is 1. The number of ether oxygens (including phenoxy) is 2. The summed E-state index contributed by atoms with van der Waals surface area (Å²) in [6.07, 6.45) is 0. The zero-order valence-electron chi connectivity index (χ0n) is 12.7. The summed E-state index contributed by atoms with van der Waals surface area (Å²) < 4.78 is 10.3. The second kappa shape index (κ2) is 7.17. The third kappa shape index (κ3) is 4.53. The molecule has 2 N–H and O–H groups in total. The van der Waals surface area contributed by atoms with E-state index in [1.165, 1.54) is 6.92 Å². The van der Waals surface area contributed by atoms with E-state index in [9.17, 15) is 4.79 Å². The van der Waals surface area contributed by atoms with Crippen LogP contribution in [-0.4, -0.2) is 57.3 Å². The number of nitrogens with two attached hydrogens (primary N) is 1. The molecular formula is C15H23N3O3. The summed E-state index contributed by atoms with van der Waals surface area (Å²) in [5, 5.41) is 0. The van der Waals surface area contributed by atoms with Crippen molar-refractivity contribution in [1.29, 1.82) is 0 Å². The predicted molar refractivity (Wildman–Crippen MR) is 82.7 cm³/mol. The van der Waals surface area contributed by atoms with Gasteiger partial charge in [-0.15, -0.1) is 0 Å². The van der Waals surface area contributed by atoms with Crippen LogP contribution in [0.4, 0.5) is 11.4 Å². The van der Waals surface area contributed by atoms with Crippen LogP contribution in [0.3, 0.4) is 0 Å². The molecular weight excluding hydrogens is 270 g/mol. The molecule has 1 aromatic carbocycles. The standard InChI is InChI=1S/C15H23N3O3/c1-12(19)20-9-10-21-15-4-3-13(11-14(15)16)18-7-5-17(2)6-8-18/h3-4,11H,5-10,16H2,1-2H3. The van der Waals surface area contributed by atoms with Crippen LogP contribution in [0, 0.1) is 0 Å². The van der Waals surface area contributed by atoms with E-state index in [4.69, 9.17) is 15.2 Å². The lowest BCUT2D eigenvalue weighted by Gasteiger charge is -2.34. The number of piperazine rings is 1. The van der Waals surface area contributed by atoms with Gasteiger partial charge in [0.2, 0.25) is 0 Å². The molecule has 21 heavy (non-hydrogen) atoms. The molecule has 1 fully saturated rings. The minimum atomic E-state index is -0.308. The molecule has 0 atom stereocenters. The summed E-state index contributed by atoms with van der Waals surface area (Å²) in [6.45, 7) is 6.03. The van der Waals surface area contributed by atoms with Crippen LogP contribution in [-0.2, 0) is 9.53 Å². The van der Waals surface area contributed by atoms with Crippen LogP contribution >= 0.6 is 0 Å². The maximum atomic E-state index is 10.7. The fourth-order valence-corrected chi connectivity index (χ4v) is 2.27. The van der Waals surface area contributed by atoms with Crippen molar-refractivity contribution in [3.8, 4) is 5.75 Å². The van der Waals surface area contributed by atoms with Crippen molar-refractivity contribution >= 4 is 17.3 Å². The fourth-order valence-electron chi connectivity index (χ4n) is 2.27. The van der Waals surface area contributed by atoms with Gasteiger partial charge in [-0.25, -0.2) is 0 Å². The number of carbonyl (C=O) groups is 1. The topological polar surface area (TPSA) is 68.0 Å². The van der Waals surface area contributed by atoms with Gasteiger partial charge in [-0.2, -0.15) is 0 Å². The number of hydrogen-bond donors (Lipinski definition) is 1. The zero-order chi connectivity index (χ0) is 15.2. The van der Waals surface area contributed by atoms with Crippen molar-refractivity contribution in [1.82, 2.24) is 4.90 Å². The average molecular weight is 293 g/mol. The van der Waals surface area contributed by atoms with Crippen molar-refractivity contribution in [2.24, 2.45) is 0 Å². The van der Waals surface area contributed by atoms with Crippen molar-refractivity contribution in [2.75, 3.05) is 57.1 Å². The minimum absolute atomic E-state index is 0.231. The number of rotatable bonds is 5. The van der Waals surface area contributed by atoms with E-state index in [1.54, 1.807) is 0 Å². The van der Waals surface area contributed by atoms with Crippen LogP contribution in [0.2, 0.25) is 0 Å². The molecule has 0 amide bonds. The molecule has 6 nitrogen and oxygen atoms in total. The maximum absolute atomic E-state index is 10.7. The number of nitrogen functional groups attached to an aromatic ring is 1. The summed E-state index contributed by atoms with van der Waals surface area (Å²) >= 11 is 0. The number of esters is 1. The molecule has 0 radical (unpaired) electrons. The molecule has 0 aliphatic carbocycles. The first-order valence-electron chi connectivity index (χ1n) is 7.15. The summed E-state index contributed by atoms with van der Waals surface area (Å²) in [4.78, 5) is 15.3. The second-order valence-electron chi connectivity index (χ2n) is 5.20. The quantitative estimate of drug-likeness (QED) is 0.495. The normalized spacial score (nSPS) is 15.8. The van der Waals surface area contributed by atoms with Gasteiger partial charge in [0.1, 0.15) is 19.0 Å². The van der Waals surface area contributed by atoms with Crippen molar-refractivity contribution in [2.45, 2.75) is 6.92 Å². The van der Waals surface area contributed by atoms with Crippen LogP contribution in [0.5, 0.6) is 5.75 Å². The lowest BCUT2D eigenvalue weighted by molar-refractivity contribution is -0.141. The molecule has 0 aromatic heterocycles. The van der Waals surface area contributed by atoms with Crippen LogP contribution in [0.1, 0.15) is 6.92 Å². The van der Waals surface area contributed by atoms with Crippen molar-refractivity contribution in [3.63, 3.8) is 0 Å². The third-order valence-electron chi connectivity index (χ3n) is 3.51. The number of benzene rings is 1. The molecule has 116 valence electrons. The van der Waals surface area contributed by atoms with Gasteiger partial charge in [-0.05, 0) is 25.2 Å². The molecule has 0 unspecified atom stereocenters. The molecule has 1 saturated heterocycles. The van der Waals surface area contributed by atoms with E-state index in [0.717, 1.165) is 31.9 Å². The maximum Gasteiger partial charge on any atom is 0.302 e. The lowest BCUT2D eigenvalue weighted by Crippen LogP contribution is -2.44. The first-order valence-corrected chi connectivity index (χ1v) is 7.15. The Morgan fingerprint density at radius 1 is 1.24 bits per heavy atom. The molecule has 0 bridgehead atoms. The van der Waals surface area contributed by atoms with Crippen molar-refractivity contribution < 1.29 is 14.3 Å². The summed E-state index contributed by atoms with van der Waals surface area (Å²) in [7, 11) is 2.13. The Morgan fingerprint density at radius 2 is 1.95 bits per heavy atom. The van der Waals surface area contributed by atoms with Crippen LogP contribution in [0.15, 0.2) is 18.2 Å². The highest BCUT2D eigenvalue weighted by Gasteiger charge is 2.15. The minimum Gasteiger partial charge on any atom is -0.488 e. The Balaban J connectivity index is 1.89. The SMILES string of the molecule is CC(=O)OCCOc1ccc(N2CCN(C)CC2)cc1N. The fraction of sp³-hybridized carbons (Fsp3) is 0.533. The first-order chi connectivity index (χ1) is 10.1. The summed E-state index contributed by atoms with van der Waals surface area (Å²) in [6, 6.07) is 5.83. The Bertz CT molecular complexity index is 485. The first kappa shape index (κ1) is 15.4. The highest BCUT2D eigenvalue weighted by atomic mass is 16.6. The molecule has 1 aliphatic heterocycles. The Labute approximate surface area is 125 Å². The van der Waals surface area contributed by atoms with Gasteiger partial charge in [0, 0.05) is 38.8 Å². The van der Waals surface area contributed by atoms with E-state index in [2.05, 4.69) is 16.8 Å². The van der Waals surface area contributed by atoms with Crippen LogP contribution < -0.4 is 15.4 Å². The van der Waals surface area contributed by atoms with Crippen LogP contribution in [0.25, 0.3) is 0 Å². The number of hydrogen-bond acceptors (Lipinski definition) is 6. The van der Waals surface area contributed by atoms with E-state index in [1.807, 2.05) is 18.2 Å². The molecule has 6 heteroatoms. The van der Waals surface area contributed by atoms with E-state index in [-0.39, 0.29) is 12.6 Å². The highest BCUT2D eigenvalue weighted by Crippen LogP contribution is 2.27. The molecule has 1 heterocycles. The summed E-state index contributed by atoms with van der Waals surface area (Å²) in [5.74, 6) is 0.317. The average Bonchev–Trinajstić information content (AvgIpc) is 2.45. The van der Waals surface area contributed by atoms with Gasteiger partial charge in [0.25, 0.3) is 0 Å². The van der Waals surface area contributed by atoms with Gasteiger partial charge in [-0.1, -0.05) is 0 Å². The molecule has 0 saturated carbocycles. The smallest absolute Gasteiger partial charge is 0.302 e. The van der Waals surface area contributed by atoms with Gasteiger partial charge in [0.15, 0.2) is 0 Å². The largest absolute Gasteiger partial charge is 0.488 e. The molecule has 1 aliphatic rings. The lowest BCUT2D eigenvalue weighted by atomic mass is 10.2. The van der Waals surface area contributed by atoms with Gasteiger partial charge in [0.05, 0.1) is 5.69 Å². The van der Waals surface area contributed by atoms with Crippen molar-refractivity contribution in [3.05, 3.63) is 18.2 Å². The number of anilines is 2. The highest BCUT2D eigenvalue weighted by molar-refractivity contribution is 5.66. The Morgan fingerprint density at radius 3 is 2.57 bits per heavy atom. The zero-order valence-corrected chi connectivity index (χ0v) is 12.7. The van der Waals surface area contributed by atoms with Gasteiger partial charge < -0.3 is 25.0 Å².